The molecule has 0 radical (unpaired) electrons. The van der Waals surface area contributed by atoms with Gasteiger partial charge in [-0.3, -0.25) is 0 Å². The quantitative estimate of drug-likeness (QED) is 0.447. The maximum atomic E-state index is 13.9. The third-order valence-electron chi connectivity index (χ3n) is 5.13. The Balaban J connectivity index is 1.60. The second kappa shape index (κ2) is 8.34. The van der Waals surface area contributed by atoms with Crippen LogP contribution >= 0.6 is 0 Å². The lowest BCUT2D eigenvalue weighted by Crippen LogP contribution is -2.32. The topological polar surface area (TPSA) is 115 Å². The number of carboxylic acid groups (broad SMARTS) is 1. The molecule has 0 saturated carbocycles. The first-order valence-electron chi connectivity index (χ1n) is 9.53. The van der Waals surface area contributed by atoms with Crippen LogP contribution in [0.15, 0.2) is 36.7 Å². The highest BCUT2D eigenvalue weighted by atomic mass is 19.4. The van der Waals surface area contributed by atoms with Gasteiger partial charge in [-0.25, -0.2) is 19.7 Å². The number of carbonyl (C=O) groups is 1. The van der Waals surface area contributed by atoms with Crippen LogP contribution in [0.4, 0.5) is 34.9 Å². The zero-order valence-corrected chi connectivity index (χ0v) is 16.7. The lowest BCUT2D eigenvalue weighted by molar-refractivity contribution is -0.137. The van der Waals surface area contributed by atoms with Crippen LogP contribution in [0.5, 0.6) is 0 Å². The fourth-order valence-electron chi connectivity index (χ4n) is 3.53. The number of hydrogen-bond donors (Lipinski definition) is 2. The molecule has 0 bridgehead atoms. The van der Waals surface area contributed by atoms with Crippen LogP contribution in [-0.4, -0.2) is 32.6 Å². The number of halogens is 4. The first-order valence-corrected chi connectivity index (χ1v) is 9.53. The molecule has 2 aromatic heterocycles. The average molecular weight is 458 g/mol. The largest absolute Gasteiger partial charge is 0.478 e. The van der Waals surface area contributed by atoms with E-state index in [0.717, 1.165) is 18.2 Å². The van der Waals surface area contributed by atoms with Crippen molar-refractivity contribution in [3.63, 3.8) is 0 Å². The molecule has 8 nitrogen and oxygen atoms in total. The Morgan fingerprint density at radius 1 is 1.21 bits per heavy atom. The minimum absolute atomic E-state index is 0.0442. The number of aromatic carboxylic acids is 1. The molecular formula is C21H14F4N6O2. The summed E-state index contributed by atoms with van der Waals surface area (Å²) in [5.74, 6) is -2.21. The van der Waals surface area contributed by atoms with Gasteiger partial charge in [0.25, 0.3) is 0 Å². The molecule has 33 heavy (non-hydrogen) atoms. The number of anilines is 3. The summed E-state index contributed by atoms with van der Waals surface area (Å²) < 4.78 is 53.8. The Bertz CT molecular complexity index is 1290. The van der Waals surface area contributed by atoms with Crippen LogP contribution in [-0.2, 0) is 19.1 Å². The van der Waals surface area contributed by atoms with Crippen LogP contribution in [0.2, 0.25) is 0 Å². The normalized spacial score (nSPS) is 13.2. The molecule has 3 heterocycles. The molecule has 0 fully saturated rings. The number of pyridine rings is 1. The highest BCUT2D eigenvalue weighted by molar-refractivity contribution is 5.87. The van der Waals surface area contributed by atoms with Crippen LogP contribution in [0.25, 0.3) is 0 Å². The van der Waals surface area contributed by atoms with E-state index in [0.29, 0.717) is 35.7 Å². The molecule has 2 N–H and O–H groups in total. The zero-order chi connectivity index (χ0) is 23.8. The van der Waals surface area contributed by atoms with Crippen molar-refractivity contribution in [3.8, 4) is 6.07 Å². The molecule has 0 unspecified atom stereocenters. The van der Waals surface area contributed by atoms with Gasteiger partial charge >= 0.3 is 12.1 Å². The smallest absolute Gasteiger partial charge is 0.417 e. The van der Waals surface area contributed by atoms with Gasteiger partial charge < -0.3 is 15.3 Å². The van der Waals surface area contributed by atoms with E-state index in [9.17, 15) is 22.4 Å². The van der Waals surface area contributed by atoms with Crippen molar-refractivity contribution < 1.29 is 27.5 Å². The number of fused-ring (bicyclic) bond motifs is 1. The summed E-state index contributed by atoms with van der Waals surface area (Å²) in [5.41, 5.74) is -0.487. The first-order chi connectivity index (χ1) is 15.7. The molecule has 1 aliphatic heterocycles. The van der Waals surface area contributed by atoms with Gasteiger partial charge in [0.1, 0.15) is 23.5 Å². The summed E-state index contributed by atoms with van der Waals surface area (Å²) in [7, 11) is 0. The predicted octanol–water partition coefficient (Wildman–Crippen LogP) is 3.91. The van der Waals surface area contributed by atoms with E-state index < -0.39 is 34.8 Å². The molecule has 0 amide bonds. The van der Waals surface area contributed by atoms with Crippen molar-refractivity contribution in [1.29, 1.82) is 5.26 Å². The van der Waals surface area contributed by atoms with E-state index in [1.165, 1.54) is 18.5 Å². The van der Waals surface area contributed by atoms with E-state index in [1.54, 1.807) is 11.0 Å². The lowest BCUT2D eigenvalue weighted by atomic mass is 10.0. The number of rotatable bonds is 4. The summed E-state index contributed by atoms with van der Waals surface area (Å²) >= 11 is 0. The van der Waals surface area contributed by atoms with Gasteiger partial charge in [0.2, 0.25) is 5.95 Å². The standard InChI is InChI=1S/C21H14F4N6O2/c22-18-14(20(32)33)3-4-17(29-18)30-19-13-5-6-31(9-16(13)27-10-28-19)12-2-1-11(8-26)15(7-12)21(23,24)25/h1-4,7,10H,5-6,9H2,(H,32,33)(H,27,28,29,30). The van der Waals surface area contributed by atoms with Gasteiger partial charge in [-0.05, 0) is 36.8 Å². The maximum Gasteiger partial charge on any atom is 0.417 e. The SMILES string of the molecule is N#Cc1ccc(N2CCc3c(ncnc3Nc3ccc(C(=O)O)c(F)n3)C2)cc1C(F)(F)F. The second-order valence-corrected chi connectivity index (χ2v) is 7.12. The Labute approximate surface area is 184 Å². The maximum absolute atomic E-state index is 13.9. The number of aromatic nitrogens is 3. The van der Waals surface area contributed by atoms with E-state index in [-0.39, 0.29) is 12.4 Å². The van der Waals surface area contributed by atoms with Crippen molar-refractivity contribution in [2.45, 2.75) is 19.1 Å². The summed E-state index contributed by atoms with van der Waals surface area (Å²) in [6, 6.07) is 7.47. The average Bonchev–Trinajstić information content (AvgIpc) is 2.77. The van der Waals surface area contributed by atoms with E-state index in [2.05, 4.69) is 20.3 Å². The minimum Gasteiger partial charge on any atom is -0.478 e. The Morgan fingerprint density at radius 2 is 2.00 bits per heavy atom. The molecule has 1 aromatic carbocycles. The highest BCUT2D eigenvalue weighted by Gasteiger charge is 2.34. The third kappa shape index (κ3) is 4.38. The number of carboxylic acids is 1. The second-order valence-electron chi connectivity index (χ2n) is 7.12. The molecule has 0 spiro atoms. The molecule has 0 aliphatic carbocycles. The number of nitrogens with zero attached hydrogens (tertiary/aromatic N) is 5. The Morgan fingerprint density at radius 3 is 2.67 bits per heavy atom. The zero-order valence-electron chi connectivity index (χ0n) is 16.7. The van der Waals surface area contributed by atoms with Gasteiger partial charge in [-0.2, -0.15) is 22.8 Å². The molecule has 0 saturated heterocycles. The van der Waals surface area contributed by atoms with Crippen LogP contribution in [0.1, 0.15) is 32.7 Å². The molecule has 4 rings (SSSR count). The predicted molar refractivity (Wildman–Crippen MR) is 107 cm³/mol. The van der Waals surface area contributed by atoms with Gasteiger partial charge in [0, 0.05) is 17.8 Å². The van der Waals surface area contributed by atoms with E-state index in [1.807, 2.05) is 0 Å². The molecule has 168 valence electrons. The number of hydrogen-bond acceptors (Lipinski definition) is 7. The molecule has 0 atom stereocenters. The summed E-state index contributed by atoms with van der Waals surface area (Å²) in [5, 5.41) is 20.7. The van der Waals surface area contributed by atoms with Gasteiger partial charge in [-0.1, -0.05) is 0 Å². The van der Waals surface area contributed by atoms with Crippen molar-refractivity contribution in [2.24, 2.45) is 0 Å². The Kier molecular flexibility index (Phi) is 5.55. The van der Waals surface area contributed by atoms with Gasteiger partial charge in [-0.15, -0.1) is 0 Å². The van der Waals surface area contributed by atoms with Gasteiger partial charge in [0.05, 0.1) is 29.4 Å². The molecule has 12 heteroatoms. The van der Waals surface area contributed by atoms with Crippen molar-refractivity contribution >= 4 is 23.3 Å². The van der Waals surface area contributed by atoms with Crippen LogP contribution < -0.4 is 10.2 Å². The molecule has 3 aromatic rings. The third-order valence-corrected chi connectivity index (χ3v) is 5.13. The number of benzene rings is 1. The fraction of sp³-hybridized carbons (Fsp3) is 0.190. The van der Waals surface area contributed by atoms with E-state index in [4.69, 9.17) is 10.4 Å². The van der Waals surface area contributed by atoms with Gasteiger partial charge in [0.15, 0.2) is 0 Å². The van der Waals surface area contributed by atoms with Crippen LogP contribution in [0, 0.1) is 17.3 Å². The molecular weight excluding hydrogens is 444 g/mol. The number of nitriles is 1. The Hall–Kier alpha value is -4.27. The van der Waals surface area contributed by atoms with Crippen molar-refractivity contribution in [3.05, 3.63) is 70.6 Å². The summed E-state index contributed by atoms with van der Waals surface area (Å²) in [4.78, 5) is 24.6. The fourth-order valence-corrected chi connectivity index (χ4v) is 3.53. The highest BCUT2D eigenvalue weighted by Crippen LogP contribution is 2.36. The first kappa shape index (κ1) is 21.9. The number of nitrogens with one attached hydrogen (secondary N) is 1. The monoisotopic (exact) mass is 458 g/mol. The number of alkyl halides is 3. The summed E-state index contributed by atoms with van der Waals surface area (Å²) in [6.45, 7) is 0.535. The summed E-state index contributed by atoms with van der Waals surface area (Å²) in [6.07, 6.45) is -3.03. The van der Waals surface area contributed by atoms with Crippen LogP contribution in [0.3, 0.4) is 0 Å². The minimum atomic E-state index is -4.66. The van der Waals surface area contributed by atoms with E-state index >= 15 is 0 Å². The lowest BCUT2D eigenvalue weighted by Gasteiger charge is -2.31. The molecule has 1 aliphatic rings. The van der Waals surface area contributed by atoms with Crippen molar-refractivity contribution in [2.75, 3.05) is 16.8 Å². The van der Waals surface area contributed by atoms with Crippen molar-refractivity contribution in [1.82, 2.24) is 15.0 Å².